The molecule has 96 heavy (non-hydrogen) atoms. The first kappa shape index (κ1) is 94.1. The van der Waals surface area contributed by atoms with Gasteiger partial charge in [-0.15, -0.1) is 0 Å². The molecule has 6 nitrogen and oxygen atoms in total. The topological polar surface area (TPSA) is 95.9 Å². The van der Waals surface area contributed by atoms with Crippen LogP contribution in [0.3, 0.4) is 0 Å². The van der Waals surface area contributed by atoms with E-state index in [-0.39, 0.29) is 18.5 Å². The van der Waals surface area contributed by atoms with Crippen molar-refractivity contribution < 1.29 is 24.5 Å². The largest absolute Gasteiger partial charge is 0.466 e. The smallest absolute Gasteiger partial charge is 0.305 e. The predicted molar refractivity (Wildman–Crippen MR) is 426 cm³/mol. The molecule has 0 aromatic heterocycles. The van der Waals surface area contributed by atoms with Crippen molar-refractivity contribution in [3.05, 3.63) is 36.5 Å². The second-order valence-corrected chi connectivity index (χ2v) is 30.6. The zero-order valence-corrected chi connectivity index (χ0v) is 65.4. The number of aliphatic hydroxyl groups excluding tert-OH is 2. The van der Waals surface area contributed by atoms with Crippen LogP contribution < -0.4 is 5.32 Å². The quantitative estimate of drug-likeness (QED) is 0.0320. The van der Waals surface area contributed by atoms with Gasteiger partial charge in [0.2, 0.25) is 5.91 Å². The fraction of sp³-hybridized carbons (Fsp3) is 0.911. The van der Waals surface area contributed by atoms with Gasteiger partial charge in [-0.25, -0.2) is 0 Å². The van der Waals surface area contributed by atoms with Crippen molar-refractivity contribution in [3.8, 4) is 0 Å². The van der Waals surface area contributed by atoms with Crippen LogP contribution >= 0.6 is 0 Å². The minimum atomic E-state index is -0.664. The number of hydrogen-bond donors (Lipinski definition) is 3. The van der Waals surface area contributed by atoms with E-state index in [4.69, 9.17) is 4.74 Å². The number of esters is 1. The normalized spacial score (nSPS) is 12.6. The van der Waals surface area contributed by atoms with E-state index in [2.05, 4.69) is 55.6 Å². The van der Waals surface area contributed by atoms with Crippen LogP contribution in [0.1, 0.15) is 502 Å². The number of rotatable bonds is 84. The van der Waals surface area contributed by atoms with Gasteiger partial charge < -0.3 is 20.3 Å². The van der Waals surface area contributed by atoms with Gasteiger partial charge in [-0.2, -0.15) is 0 Å². The zero-order chi connectivity index (χ0) is 69.1. The third-order valence-corrected chi connectivity index (χ3v) is 20.9. The molecule has 2 atom stereocenters. The molecule has 3 N–H and O–H groups in total. The summed E-state index contributed by atoms with van der Waals surface area (Å²) >= 11 is 0. The van der Waals surface area contributed by atoms with Crippen LogP contribution in [0.2, 0.25) is 0 Å². The molecule has 0 aliphatic heterocycles. The second kappa shape index (κ2) is 85.5. The Morgan fingerprint density at radius 2 is 0.521 bits per heavy atom. The molecular weight excluding hydrogens is 1170 g/mol. The monoisotopic (exact) mass is 1350 g/mol. The summed E-state index contributed by atoms with van der Waals surface area (Å²) in [5, 5.41) is 23.5. The number of carbonyl (C=O) groups is 2. The lowest BCUT2D eigenvalue weighted by molar-refractivity contribution is -0.143. The van der Waals surface area contributed by atoms with Gasteiger partial charge >= 0.3 is 5.97 Å². The average molecular weight is 1350 g/mol. The predicted octanol–water partition coefficient (Wildman–Crippen LogP) is 29.7. The Morgan fingerprint density at radius 1 is 0.292 bits per heavy atom. The third-order valence-electron chi connectivity index (χ3n) is 20.9. The van der Waals surface area contributed by atoms with Crippen molar-refractivity contribution in [1.29, 1.82) is 0 Å². The highest BCUT2D eigenvalue weighted by atomic mass is 16.5. The molecule has 0 fully saturated rings. The fourth-order valence-corrected chi connectivity index (χ4v) is 14.2. The Labute approximate surface area is 602 Å². The van der Waals surface area contributed by atoms with E-state index in [1.54, 1.807) is 0 Å². The summed E-state index contributed by atoms with van der Waals surface area (Å²) in [4.78, 5) is 24.7. The van der Waals surface area contributed by atoms with Gasteiger partial charge in [0, 0.05) is 12.8 Å². The summed E-state index contributed by atoms with van der Waals surface area (Å²) in [5.41, 5.74) is 0. The van der Waals surface area contributed by atoms with Crippen LogP contribution in [0.15, 0.2) is 36.5 Å². The molecular formula is C90H173NO5. The Bertz CT molecular complexity index is 1560. The molecule has 2 unspecified atom stereocenters. The van der Waals surface area contributed by atoms with Crippen molar-refractivity contribution >= 4 is 11.9 Å². The van der Waals surface area contributed by atoms with Crippen molar-refractivity contribution in [2.75, 3.05) is 13.2 Å². The lowest BCUT2D eigenvalue weighted by Gasteiger charge is -2.22. The molecule has 0 radical (unpaired) electrons. The molecule has 0 saturated carbocycles. The summed E-state index contributed by atoms with van der Waals surface area (Å²) in [6.45, 7) is 5.01. The Hall–Kier alpha value is -1.92. The van der Waals surface area contributed by atoms with Crippen molar-refractivity contribution in [3.63, 3.8) is 0 Å². The number of amides is 1. The second-order valence-electron chi connectivity index (χ2n) is 30.6. The van der Waals surface area contributed by atoms with E-state index in [0.717, 1.165) is 51.4 Å². The highest BCUT2D eigenvalue weighted by Crippen LogP contribution is 2.21. The summed E-state index contributed by atoms with van der Waals surface area (Å²) in [7, 11) is 0. The fourth-order valence-electron chi connectivity index (χ4n) is 14.2. The van der Waals surface area contributed by atoms with Crippen LogP contribution in [0.5, 0.6) is 0 Å². The maximum atomic E-state index is 12.6. The molecule has 0 aromatic carbocycles. The van der Waals surface area contributed by atoms with Crippen molar-refractivity contribution in [1.82, 2.24) is 5.32 Å². The Balaban J connectivity index is 3.36. The van der Waals surface area contributed by atoms with Gasteiger partial charge in [0.25, 0.3) is 0 Å². The van der Waals surface area contributed by atoms with Crippen molar-refractivity contribution in [2.24, 2.45) is 0 Å². The molecule has 0 heterocycles. The summed E-state index contributed by atoms with van der Waals surface area (Å²) in [6, 6.07) is -0.541. The highest BCUT2D eigenvalue weighted by Gasteiger charge is 2.20. The molecule has 0 aliphatic carbocycles. The van der Waals surface area contributed by atoms with Gasteiger partial charge in [0.15, 0.2) is 0 Å². The van der Waals surface area contributed by atoms with Gasteiger partial charge in [-0.05, 0) is 83.5 Å². The molecule has 0 aliphatic rings. The molecule has 0 saturated heterocycles. The maximum Gasteiger partial charge on any atom is 0.305 e. The molecule has 0 spiro atoms. The van der Waals surface area contributed by atoms with Gasteiger partial charge in [0.1, 0.15) is 0 Å². The summed E-state index contributed by atoms with van der Waals surface area (Å²) in [6.07, 6.45) is 113. The number of unbranched alkanes of at least 4 members (excludes halogenated alkanes) is 67. The molecule has 0 bridgehead atoms. The van der Waals surface area contributed by atoms with Gasteiger partial charge in [-0.1, -0.05) is 442 Å². The van der Waals surface area contributed by atoms with E-state index in [9.17, 15) is 19.8 Å². The maximum absolute atomic E-state index is 12.6. The summed E-state index contributed by atoms with van der Waals surface area (Å²) < 4.78 is 5.51. The minimum absolute atomic E-state index is 0.0169. The van der Waals surface area contributed by atoms with Crippen molar-refractivity contribution in [2.45, 2.75) is 514 Å². The van der Waals surface area contributed by atoms with E-state index in [1.165, 1.54) is 417 Å². The van der Waals surface area contributed by atoms with Crippen LogP contribution in [-0.2, 0) is 14.3 Å². The zero-order valence-electron chi connectivity index (χ0n) is 65.4. The molecule has 0 rings (SSSR count). The van der Waals surface area contributed by atoms with Gasteiger partial charge in [0.05, 0.1) is 25.4 Å². The number of carbonyl (C=O) groups excluding carboxylic acids is 2. The first-order valence-electron chi connectivity index (χ1n) is 44.2. The Kier molecular flexibility index (Phi) is 83.8. The number of allylic oxidation sites excluding steroid dienone is 6. The number of nitrogens with one attached hydrogen (secondary N) is 1. The molecule has 1 amide bonds. The van der Waals surface area contributed by atoms with Crippen LogP contribution in [0, 0.1) is 0 Å². The SMILES string of the molecule is CCCCCCCCC/C=C\CCCCCCCCCC(=O)OCCCCCCCCCCCCCCC/C=C\C/C=C\CCCCCCCCCCCCCCCCCCCC(=O)NC(CO)C(O)CCCCCCCCCCCCCCCCCCCCCCCCCC. The van der Waals surface area contributed by atoms with E-state index in [0.29, 0.717) is 25.9 Å². The standard InChI is InChI=1S/C90H173NO5/c1-3-5-7-9-11-13-15-17-19-21-23-24-25-41-44-47-50-54-58-62-66-70-74-78-82-88(93)87(86-92)91-89(94)83-79-75-71-67-63-59-55-51-48-45-42-39-37-35-33-31-29-27-26-28-30-32-34-36-38-40-43-46-49-53-57-61-65-69-73-77-81-85-96-90(95)84-80-76-72-68-64-60-56-52-22-20-18-16-14-12-10-8-6-4-2/h20,22,26,28,32,34,87-88,92-93H,3-19,21,23-25,27,29-31,33,35-86H2,1-2H3,(H,91,94)/b22-20-,28-26-,34-32-. The lowest BCUT2D eigenvalue weighted by Crippen LogP contribution is -2.45. The van der Waals surface area contributed by atoms with Crippen LogP contribution in [0.25, 0.3) is 0 Å². The summed E-state index contributed by atoms with van der Waals surface area (Å²) in [5.74, 6) is -0.00925. The Morgan fingerprint density at radius 3 is 0.802 bits per heavy atom. The van der Waals surface area contributed by atoms with Gasteiger partial charge in [-0.3, -0.25) is 9.59 Å². The van der Waals surface area contributed by atoms with Crippen LogP contribution in [-0.4, -0.2) is 47.4 Å². The molecule has 0 aromatic rings. The van der Waals surface area contributed by atoms with E-state index in [1.807, 2.05) is 0 Å². The minimum Gasteiger partial charge on any atom is -0.466 e. The number of ether oxygens (including phenoxy) is 1. The first-order valence-corrected chi connectivity index (χ1v) is 44.2. The van der Waals surface area contributed by atoms with E-state index < -0.39 is 12.1 Å². The lowest BCUT2D eigenvalue weighted by atomic mass is 10.0. The number of hydrogen-bond acceptors (Lipinski definition) is 5. The first-order chi connectivity index (χ1) is 47.5. The molecule has 6 heteroatoms. The van der Waals surface area contributed by atoms with E-state index >= 15 is 0 Å². The third kappa shape index (κ3) is 81.0. The molecule has 568 valence electrons. The average Bonchev–Trinajstić information content (AvgIpc) is 2.88. The van der Waals surface area contributed by atoms with Crippen LogP contribution in [0.4, 0.5) is 0 Å². The highest BCUT2D eigenvalue weighted by molar-refractivity contribution is 5.76. The number of aliphatic hydroxyl groups is 2.